The third-order valence-electron chi connectivity index (χ3n) is 2.39. The molecule has 0 saturated carbocycles. The van der Waals surface area contributed by atoms with Gasteiger partial charge in [-0.2, -0.15) is 4.31 Å². The Labute approximate surface area is 122 Å². The summed E-state index contributed by atoms with van der Waals surface area (Å²) in [5.41, 5.74) is 0.637. The molecule has 0 aliphatic rings. The van der Waals surface area contributed by atoms with Gasteiger partial charge in [-0.05, 0) is 30.7 Å². The van der Waals surface area contributed by atoms with Crippen LogP contribution in [0.3, 0.4) is 0 Å². The lowest BCUT2D eigenvalue weighted by molar-refractivity contribution is -0.116. The number of nitrogens with one attached hydrogen (secondary N) is 1. The first-order valence-electron chi connectivity index (χ1n) is 5.83. The van der Waals surface area contributed by atoms with E-state index in [2.05, 4.69) is 21.2 Å². The molecule has 106 valence electrons. The third kappa shape index (κ3) is 5.71. The van der Waals surface area contributed by atoms with Crippen LogP contribution in [0.15, 0.2) is 28.7 Å². The molecule has 0 aromatic heterocycles. The SMILES string of the molecule is CCCN(CC(=O)Nc1ccc(Br)cc1)S(C)(=O)=O. The number of rotatable bonds is 6. The predicted molar refractivity (Wildman–Crippen MR) is 79.5 cm³/mol. The lowest BCUT2D eigenvalue weighted by atomic mass is 10.3. The molecule has 0 bridgehead atoms. The summed E-state index contributed by atoms with van der Waals surface area (Å²) in [5.74, 6) is -0.346. The molecular formula is C12H17BrN2O3S. The molecule has 5 nitrogen and oxygen atoms in total. The highest BCUT2D eigenvalue weighted by atomic mass is 79.9. The number of sulfonamides is 1. The molecule has 1 amide bonds. The van der Waals surface area contributed by atoms with Gasteiger partial charge in [-0.15, -0.1) is 0 Å². The predicted octanol–water partition coefficient (Wildman–Crippen LogP) is 2.06. The molecule has 19 heavy (non-hydrogen) atoms. The summed E-state index contributed by atoms with van der Waals surface area (Å²) in [6, 6.07) is 7.09. The van der Waals surface area contributed by atoms with Crippen molar-refractivity contribution in [2.24, 2.45) is 0 Å². The maximum atomic E-state index is 11.8. The van der Waals surface area contributed by atoms with Gasteiger partial charge in [0.25, 0.3) is 0 Å². The van der Waals surface area contributed by atoms with E-state index in [-0.39, 0.29) is 12.5 Å². The van der Waals surface area contributed by atoms with E-state index >= 15 is 0 Å². The topological polar surface area (TPSA) is 66.5 Å². The lowest BCUT2D eigenvalue weighted by Gasteiger charge is -2.18. The Bertz CT molecular complexity index is 528. The van der Waals surface area contributed by atoms with E-state index in [0.29, 0.717) is 18.7 Å². The number of hydrogen-bond donors (Lipinski definition) is 1. The van der Waals surface area contributed by atoms with Gasteiger partial charge in [-0.1, -0.05) is 22.9 Å². The van der Waals surface area contributed by atoms with E-state index in [1.165, 1.54) is 4.31 Å². The minimum Gasteiger partial charge on any atom is -0.325 e. The van der Waals surface area contributed by atoms with Crippen LogP contribution in [0.4, 0.5) is 5.69 Å². The Hall–Kier alpha value is -0.920. The van der Waals surface area contributed by atoms with E-state index in [1.54, 1.807) is 24.3 Å². The Morgan fingerprint density at radius 1 is 1.32 bits per heavy atom. The van der Waals surface area contributed by atoms with Crippen LogP contribution in [0.1, 0.15) is 13.3 Å². The van der Waals surface area contributed by atoms with Crippen molar-refractivity contribution in [2.45, 2.75) is 13.3 Å². The molecule has 0 aliphatic carbocycles. The number of amides is 1. The smallest absolute Gasteiger partial charge is 0.239 e. The monoisotopic (exact) mass is 348 g/mol. The highest BCUT2D eigenvalue weighted by Gasteiger charge is 2.18. The number of anilines is 1. The van der Waals surface area contributed by atoms with Gasteiger partial charge >= 0.3 is 0 Å². The van der Waals surface area contributed by atoms with Gasteiger partial charge < -0.3 is 5.32 Å². The number of hydrogen-bond acceptors (Lipinski definition) is 3. The van der Waals surface area contributed by atoms with Crippen LogP contribution in [-0.2, 0) is 14.8 Å². The summed E-state index contributed by atoms with van der Waals surface area (Å²) in [6.07, 6.45) is 1.77. The largest absolute Gasteiger partial charge is 0.325 e. The molecule has 1 N–H and O–H groups in total. The maximum absolute atomic E-state index is 11.8. The van der Waals surface area contributed by atoms with Crippen molar-refractivity contribution in [1.29, 1.82) is 0 Å². The summed E-state index contributed by atoms with van der Waals surface area (Å²) in [5, 5.41) is 2.66. The fraction of sp³-hybridized carbons (Fsp3) is 0.417. The zero-order valence-electron chi connectivity index (χ0n) is 10.9. The van der Waals surface area contributed by atoms with E-state index in [0.717, 1.165) is 10.7 Å². The summed E-state index contributed by atoms with van der Waals surface area (Å²) < 4.78 is 25.1. The van der Waals surface area contributed by atoms with Gasteiger partial charge in [0.2, 0.25) is 15.9 Å². The standard InChI is InChI=1S/C12H17BrN2O3S/c1-3-8-15(19(2,17)18)9-12(16)14-11-6-4-10(13)5-7-11/h4-7H,3,8-9H2,1-2H3,(H,14,16). The summed E-state index contributed by atoms with van der Waals surface area (Å²) in [6.45, 7) is 2.04. The fourth-order valence-electron chi connectivity index (χ4n) is 1.51. The highest BCUT2D eigenvalue weighted by molar-refractivity contribution is 9.10. The van der Waals surface area contributed by atoms with E-state index < -0.39 is 10.0 Å². The Morgan fingerprint density at radius 2 is 1.89 bits per heavy atom. The van der Waals surface area contributed by atoms with Crippen LogP contribution < -0.4 is 5.32 Å². The van der Waals surface area contributed by atoms with E-state index in [1.807, 2.05) is 6.92 Å². The molecule has 0 atom stereocenters. The van der Waals surface area contributed by atoms with Gasteiger partial charge in [0.05, 0.1) is 12.8 Å². The van der Waals surface area contributed by atoms with Gasteiger partial charge in [0.15, 0.2) is 0 Å². The zero-order valence-corrected chi connectivity index (χ0v) is 13.3. The molecule has 7 heteroatoms. The first-order valence-corrected chi connectivity index (χ1v) is 8.47. The van der Waals surface area contributed by atoms with Crippen molar-refractivity contribution in [3.63, 3.8) is 0 Å². The van der Waals surface area contributed by atoms with Gasteiger partial charge in [0, 0.05) is 16.7 Å². The average molecular weight is 349 g/mol. The molecular weight excluding hydrogens is 332 g/mol. The quantitative estimate of drug-likeness (QED) is 0.855. The second-order valence-electron chi connectivity index (χ2n) is 4.15. The Kier molecular flexibility index (Phi) is 5.96. The number of benzene rings is 1. The molecule has 0 spiro atoms. The number of halogens is 1. The molecule has 1 rings (SSSR count). The number of nitrogens with zero attached hydrogens (tertiary/aromatic N) is 1. The Morgan fingerprint density at radius 3 is 2.37 bits per heavy atom. The van der Waals surface area contributed by atoms with Crippen molar-refractivity contribution < 1.29 is 13.2 Å². The van der Waals surface area contributed by atoms with E-state index in [4.69, 9.17) is 0 Å². The van der Waals surface area contributed by atoms with Crippen LogP contribution >= 0.6 is 15.9 Å². The summed E-state index contributed by atoms with van der Waals surface area (Å²) in [7, 11) is -3.36. The van der Waals surface area contributed by atoms with Crippen LogP contribution in [0.5, 0.6) is 0 Å². The van der Waals surface area contributed by atoms with Crippen molar-refractivity contribution in [3.05, 3.63) is 28.7 Å². The molecule has 0 aliphatic heterocycles. The lowest BCUT2D eigenvalue weighted by Crippen LogP contribution is -2.37. The molecule has 0 fully saturated rings. The van der Waals surface area contributed by atoms with Gasteiger partial charge in [-0.25, -0.2) is 8.42 Å². The van der Waals surface area contributed by atoms with Crippen LogP contribution in [-0.4, -0.2) is 38.0 Å². The average Bonchev–Trinajstić information content (AvgIpc) is 2.30. The van der Waals surface area contributed by atoms with Gasteiger partial charge in [0.1, 0.15) is 0 Å². The van der Waals surface area contributed by atoms with Crippen molar-refractivity contribution in [2.75, 3.05) is 24.7 Å². The van der Waals surface area contributed by atoms with Gasteiger partial charge in [-0.3, -0.25) is 4.79 Å². The number of carbonyl (C=O) groups excluding carboxylic acids is 1. The molecule has 0 radical (unpaired) electrons. The Balaban J connectivity index is 2.65. The zero-order chi connectivity index (χ0) is 14.5. The molecule has 1 aromatic rings. The first kappa shape index (κ1) is 16.1. The molecule has 0 unspecified atom stereocenters. The van der Waals surface area contributed by atoms with E-state index in [9.17, 15) is 13.2 Å². The maximum Gasteiger partial charge on any atom is 0.239 e. The molecule has 0 heterocycles. The summed E-state index contributed by atoms with van der Waals surface area (Å²) in [4.78, 5) is 11.8. The second-order valence-corrected chi connectivity index (χ2v) is 7.05. The van der Waals surface area contributed by atoms with Crippen molar-refractivity contribution in [3.8, 4) is 0 Å². The first-order chi connectivity index (χ1) is 8.82. The second kappa shape index (κ2) is 7.02. The minimum atomic E-state index is -3.36. The number of carbonyl (C=O) groups is 1. The molecule has 0 saturated heterocycles. The molecule has 1 aromatic carbocycles. The summed E-state index contributed by atoms with van der Waals surface area (Å²) >= 11 is 3.30. The van der Waals surface area contributed by atoms with Crippen molar-refractivity contribution >= 4 is 37.5 Å². The van der Waals surface area contributed by atoms with Crippen LogP contribution in [0.25, 0.3) is 0 Å². The fourth-order valence-corrected chi connectivity index (χ4v) is 2.64. The third-order valence-corrected chi connectivity index (χ3v) is 4.17. The normalized spacial score (nSPS) is 11.6. The van der Waals surface area contributed by atoms with Crippen molar-refractivity contribution in [1.82, 2.24) is 4.31 Å². The minimum absolute atomic E-state index is 0.164. The van der Waals surface area contributed by atoms with Crippen LogP contribution in [0, 0.1) is 0 Å². The van der Waals surface area contributed by atoms with Crippen LogP contribution in [0.2, 0.25) is 0 Å². The highest BCUT2D eigenvalue weighted by Crippen LogP contribution is 2.14.